The van der Waals surface area contributed by atoms with Gasteiger partial charge >= 0.3 is 0 Å². The molecule has 0 saturated heterocycles. The Morgan fingerprint density at radius 1 is 1.19 bits per heavy atom. The highest BCUT2D eigenvalue weighted by molar-refractivity contribution is 5.92. The summed E-state index contributed by atoms with van der Waals surface area (Å²) >= 11 is 0. The number of aryl methyl sites for hydroxylation is 1. The number of nitrogens with zero attached hydrogens (tertiary/aromatic N) is 4. The molecule has 1 saturated carbocycles. The first kappa shape index (κ1) is 16.3. The smallest absolute Gasteiger partial charge is 0.262 e. The van der Waals surface area contributed by atoms with Crippen LogP contribution in [0.5, 0.6) is 5.75 Å². The molecule has 0 spiro atoms. The predicted molar refractivity (Wildman–Crippen MR) is 96.8 cm³/mol. The minimum atomic E-state index is -0.205. The van der Waals surface area contributed by atoms with E-state index in [4.69, 9.17) is 4.74 Å². The van der Waals surface area contributed by atoms with Gasteiger partial charge < -0.3 is 10.1 Å². The molecule has 26 heavy (non-hydrogen) atoms. The summed E-state index contributed by atoms with van der Waals surface area (Å²) in [5.41, 5.74) is 2.63. The third-order valence-corrected chi connectivity index (χ3v) is 4.26. The summed E-state index contributed by atoms with van der Waals surface area (Å²) in [7, 11) is 0. The maximum Gasteiger partial charge on any atom is 0.262 e. The van der Waals surface area contributed by atoms with Crippen molar-refractivity contribution in [3.8, 4) is 17.1 Å². The predicted octanol–water partition coefficient (Wildman–Crippen LogP) is 3.00. The van der Waals surface area contributed by atoms with Crippen molar-refractivity contribution in [1.29, 1.82) is 0 Å². The van der Waals surface area contributed by atoms with Gasteiger partial charge in [0.2, 0.25) is 0 Å². The van der Waals surface area contributed by atoms with Crippen LogP contribution in [0.4, 0.5) is 5.69 Å². The molecule has 1 amide bonds. The fourth-order valence-electron chi connectivity index (χ4n) is 2.71. The second-order valence-electron chi connectivity index (χ2n) is 6.36. The fraction of sp³-hybridized carbons (Fsp3) is 0.263. The van der Waals surface area contributed by atoms with Crippen molar-refractivity contribution >= 4 is 11.6 Å². The van der Waals surface area contributed by atoms with Gasteiger partial charge in [-0.3, -0.25) is 4.79 Å². The van der Waals surface area contributed by atoms with E-state index < -0.39 is 0 Å². The van der Waals surface area contributed by atoms with E-state index in [1.54, 1.807) is 0 Å². The van der Waals surface area contributed by atoms with Crippen molar-refractivity contribution in [2.24, 2.45) is 0 Å². The van der Waals surface area contributed by atoms with Gasteiger partial charge in [0.1, 0.15) is 5.75 Å². The molecule has 132 valence electrons. The van der Waals surface area contributed by atoms with Crippen LogP contribution in [0, 0.1) is 6.92 Å². The Balaban J connectivity index is 1.37. The summed E-state index contributed by atoms with van der Waals surface area (Å²) in [5.74, 6) is 1.27. The standard InChI is InChI=1S/C19H19N5O2/c1-13-4-2-3-5-17(13)26-12-18(25)20-15-8-6-14(7-9-15)19-21-22-23-24(19)16-10-11-16/h2-9,16H,10-12H2,1H3,(H,20,25). The van der Waals surface area contributed by atoms with Gasteiger partial charge in [0.25, 0.3) is 5.91 Å². The molecular formula is C19H19N5O2. The zero-order valence-corrected chi connectivity index (χ0v) is 14.4. The summed E-state index contributed by atoms with van der Waals surface area (Å²) in [6.45, 7) is 1.91. The first-order chi connectivity index (χ1) is 12.7. The van der Waals surface area contributed by atoms with Crippen LogP contribution in [-0.2, 0) is 4.79 Å². The SMILES string of the molecule is Cc1ccccc1OCC(=O)Nc1ccc(-c2nnnn2C2CC2)cc1. The van der Waals surface area contributed by atoms with Gasteiger partial charge in [-0.25, -0.2) is 4.68 Å². The van der Waals surface area contributed by atoms with Crippen molar-refractivity contribution < 1.29 is 9.53 Å². The van der Waals surface area contributed by atoms with Crippen molar-refractivity contribution in [3.05, 3.63) is 54.1 Å². The number of carbonyl (C=O) groups excluding carboxylic acids is 1. The van der Waals surface area contributed by atoms with E-state index in [-0.39, 0.29) is 12.5 Å². The lowest BCUT2D eigenvalue weighted by atomic mass is 10.2. The van der Waals surface area contributed by atoms with Gasteiger partial charge in [-0.05, 0) is 66.1 Å². The summed E-state index contributed by atoms with van der Waals surface area (Å²) in [6.07, 6.45) is 2.24. The average molecular weight is 349 g/mol. The van der Waals surface area contributed by atoms with Crippen LogP contribution in [0.15, 0.2) is 48.5 Å². The zero-order chi connectivity index (χ0) is 17.9. The summed E-state index contributed by atoms with van der Waals surface area (Å²) in [5, 5.41) is 14.8. The van der Waals surface area contributed by atoms with Crippen LogP contribution in [0.1, 0.15) is 24.4 Å². The second kappa shape index (κ2) is 6.95. The third kappa shape index (κ3) is 3.56. The molecule has 0 bridgehead atoms. The molecule has 0 aliphatic heterocycles. The normalized spacial score (nSPS) is 13.4. The topological polar surface area (TPSA) is 81.9 Å². The minimum Gasteiger partial charge on any atom is -0.483 e. The van der Waals surface area contributed by atoms with Gasteiger partial charge in [-0.1, -0.05) is 18.2 Å². The molecule has 7 heteroatoms. The molecule has 0 radical (unpaired) electrons. The molecule has 0 atom stereocenters. The number of aromatic nitrogens is 4. The van der Waals surface area contributed by atoms with Crippen LogP contribution in [0.25, 0.3) is 11.4 Å². The molecule has 0 unspecified atom stereocenters. The van der Waals surface area contributed by atoms with Crippen LogP contribution >= 0.6 is 0 Å². The van der Waals surface area contributed by atoms with Crippen molar-refractivity contribution in [2.45, 2.75) is 25.8 Å². The molecule has 7 nitrogen and oxygen atoms in total. The zero-order valence-electron chi connectivity index (χ0n) is 14.4. The molecule has 1 fully saturated rings. The Bertz CT molecular complexity index is 916. The van der Waals surface area contributed by atoms with Crippen molar-refractivity contribution in [1.82, 2.24) is 20.2 Å². The Kier molecular flexibility index (Phi) is 4.35. The number of rotatable bonds is 6. The lowest BCUT2D eigenvalue weighted by Crippen LogP contribution is -2.20. The molecule has 1 heterocycles. The minimum absolute atomic E-state index is 0.0352. The number of hydrogen-bond donors (Lipinski definition) is 1. The van der Waals surface area contributed by atoms with E-state index in [9.17, 15) is 4.79 Å². The highest BCUT2D eigenvalue weighted by Crippen LogP contribution is 2.36. The van der Waals surface area contributed by atoms with Gasteiger partial charge in [-0.15, -0.1) is 5.10 Å². The van der Waals surface area contributed by atoms with Gasteiger partial charge in [0.05, 0.1) is 6.04 Å². The van der Waals surface area contributed by atoms with Crippen molar-refractivity contribution in [2.75, 3.05) is 11.9 Å². The number of nitrogens with one attached hydrogen (secondary N) is 1. The molecule has 1 N–H and O–H groups in total. The van der Waals surface area contributed by atoms with Crippen molar-refractivity contribution in [3.63, 3.8) is 0 Å². The largest absolute Gasteiger partial charge is 0.483 e. The van der Waals surface area contributed by atoms with Crippen LogP contribution in [-0.4, -0.2) is 32.7 Å². The molecule has 4 rings (SSSR count). The first-order valence-electron chi connectivity index (χ1n) is 8.57. The number of hydrogen-bond acceptors (Lipinski definition) is 5. The Morgan fingerprint density at radius 3 is 2.69 bits per heavy atom. The number of carbonyl (C=O) groups is 1. The maximum absolute atomic E-state index is 12.1. The van der Waals surface area contributed by atoms with Crippen LogP contribution in [0.2, 0.25) is 0 Å². The van der Waals surface area contributed by atoms with E-state index in [1.807, 2.05) is 60.1 Å². The Hall–Kier alpha value is -3.22. The number of amides is 1. The Labute approximate surface area is 151 Å². The van der Waals surface area contributed by atoms with E-state index >= 15 is 0 Å². The van der Waals surface area contributed by atoms with Crippen LogP contribution < -0.4 is 10.1 Å². The van der Waals surface area contributed by atoms with E-state index in [0.29, 0.717) is 17.5 Å². The number of tetrazole rings is 1. The lowest BCUT2D eigenvalue weighted by molar-refractivity contribution is -0.118. The molecule has 1 aromatic heterocycles. The second-order valence-corrected chi connectivity index (χ2v) is 6.36. The van der Waals surface area contributed by atoms with Crippen LogP contribution in [0.3, 0.4) is 0 Å². The Morgan fingerprint density at radius 2 is 1.96 bits per heavy atom. The lowest BCUT2D eigenvalue weighted by Gasteiger charge is -2.10. The number of para-hydroxylation sites is 1. The highest BCUT2D eigenvalue weighted by atomic mass is 16.5. The monoisotopic (exact) mass is 349 g/mol. The molecular weight excluding hydrogens is 330 g/mol. The van der Waals surface area contributed by atoms with Gasteiger partial charge in [0, 0.05) is 11.3 Å². The third-order valence-electron chi connectivity index (χ3n) is 4.26. The quantitative estimate of drug-likeness (QED) is 0.740. The molecule has 3 aromatic rings. The highest BCUT2D eigenvalue weighted by Gasteiger charge is 2.28. The fourth-order valence-corrected chi connectivity index (χ4v) is 2.71. The molecule has 2 aromatic carbocycles. The van der Waals surface area contributed by atoms with Gasteiger partial charge in [0.15, 0.2) is 12.4 Å². The first-order valence-corrected chi connectivity index (χ1v) is 8.57. The summed E-state index contributed by atoms with van der Waals surface area (Å²) < 4.78 is 7.43. The van der Waals surface area contributed by atoms with Gasteiger partial charge in [-0.2, -0.15) is 0 Å². The summed E-state index contributed by atoms with van der Waals surface area (Å²) in [6, 6.07) is 15.5. The van der Waals surface area contributed by atoms with E-state index in [1.165, 1.54) is 0 Å². The molecule has 1 aliphatic carbocycles. The molecule has 1 aliphatic rings. The van der Waals surface area contributed by atoms with E-state index in [0.717, 1.165) is 29.8 Å². The number of ether oxygens (including phenoxy) is 1. The summed E-state index contributed by atoms with van der Waals surface area (Å²) in [4.78, 5) is 12.1. The van der Waals surface area contributed by atoms with E-state index in [2.05, 4.69) is 20.8 Å². The number of anilines is 1. The number of benzene rings is 2. The maximum atomic E-state index is 12.1. The average Bonchev–Trinajstić information content (AvgIpc) is 3.38.